The second-order valence-corrected chi connectivity index (χ2v) is 4.52. The molecule has 2 aliphatic rings. The molecule has 3 rings (SSSR count). The first kappa shape index (κ1) is 12.6. The third-order valence-corrected chi connectivity index (χ3v) is 3.40. The van der Waals surface area contributed by atoms with Gasteiger partial charge in [-0.05, 0) is 17.7 Å². The lowest BCUT2D eigenvalue weighted by molar-refractivity contribution is 0.173. The van der Waals surface area contributed by atoms with Gasteiger partial charge in [-0.15, -0.1) is 0 Å². The molecular formula is C13H15N3O4. The van der Waals surface area contributed by atoms with E-state index >= 15 is 0 Å². The van der Waals surface area contributed by atoms with Crippen molar-refractivity contribution >= 4 is 12.1 Å². The van der Waals surface area contributed by atoms with Crippen LogP contribution in [0.3, 0.4) is 0 Å². The molecule has 7 nitrogen and oxygen atoms in total. The van der Waals surface area contributed by atoms with Gasteiger partial charge in [-0.1, -0.05) is 6.07 Å². The number of carbonyl (C=O) groups excluding carboxylic acids is 1. The van der Waals surface area contributed by atoms with Crippen LogP contribution in [0.15, 0.2) is 23.2 Å². The number of alkyl carbamates (subject to hydrolysis) is 1. The average Bonchev–Trinajstić information content (AvgIpc) is 3.05. The van der Waals surface area contributed by atoms with E-state index in [9.17, 15) is 4.79 Å². The summed E-state index contributed by atoms with van der Waals surface area (Å²) in [6.45, 7) is 0.820. The van der Waals surface area contributed by atoms with E-state index in [0.717, 1.165) is 17.1 Å². The quantitative estimate of drug-likeness (QED) is 0.832. The fourth-order valence-electron chi connectivity index (χ4n) is 2.27. The highest BCUT2D eigenvalue weighted by molar-refractivity contribution is 5.94. The van der Waals surface area contributed by atoms with Gasteiger partial charge in [-0.25, -0.2) is 4.79 Å². The molecule has 1 N–H and O–H groups in total. The van der Waals surface area contributed by atoms with Gasteiger partial charge in [0.2, 0.25) is 12.8 Å². The largest absolute Gasteiger partial charge is 0.454 e. The van der Waals surface area contributed by atoms with Crippen LogP contribution in [0.2, 0.25) is 0 Å². The highest BCUT2D eigenvalue weighted by Crippen LogP contribution is 2.36. The normalized spacial score (nSPS) is 19.8. The van der Waals surface area contributed by atoms with Crippen molar-refractivity contribution in [1.82, 2.24) is 10.2 Å². The second kappa shape index (κ2) is 4.92. The van der Waals surface area contributed by atoms with Gasteiger partial charge in [-0.3, -0.25) is 10.3 Å². The highest BCUT2D eigenvalue weighted by Gasteiger charge is 2.28. The van der Waals surface area contributed by atoms with Gasteiger partial charge in [0.1, 0.15) is 0 Å². The molecule has 7 heteroatoms. The maximum Gasteiger partial charge on any atom is 0.413 e. The van der Waals surface area contributed by atoms with Gasteiger partial charge >= 0.3 is 6.09 Å². The van der Waals surface area contributed by atoms with Crippen molar-refractivity contribution in [2.45, 2.75) is 6.04 Å². The number of fused-ring (bicyclic) bond motifs is 1. The van der Waals surface area contributed by atoms with Gasteiger partial charge in [0.05, 0.1) is 19.7 Å². The molecule has 2 heterocycles. The van der Waals surface area contributed by atoms with Crippen molar-refractivity contribution in [3.8, 4) is 11.5 Å². The molecule has 1 amide bonds. The topological polar surface area (TPSA) is 72.4 Å². The Kier molecular flexibility index (Phi) is 3.09. The van der Waals surface area contributed by atoms with Crippen molar-refractivity contribution in [2.75, 3.05) is 27.5 Å². The number of hydrogen-bond donors (Lipinski definition) is 1. The Hall–Kier alpha value is -2.44. The minimum Gasteiger partial charge on any atom is -0.454 e. The van der Waals surface area contributed by atoms with Crippen LogP contribution in [-0.4, -0.2) is 44.4 Å². The molecule has 0 saturated carbocycles. The zero-order valence-corrected chi connectivity index (χ0v) is 11.3. The zero-order valence-electron chi connectivity index (χ0n) is 11.3. The van der Waals surface area contributed by atoms with Crippen LogP contribution in [-0.2, 0) is 4.74 Å². The van der Waals surface area contributed by atoms with E-state index in [0.29, 0.717) is 12.5 Å². The van der Waals surface area contributed by atoms with E-state index in [2.05, 4.69) is 15.0 Å². The summed E-state index contributed by atoms with van der Waals surface area (Å²) in [6.07, 6.45) is -0.526. The SMILES string of the molecule is COC(=O)NC1=NCC(c2ccc3c(c2)OCO3)N1C. The summed E-state index contributed by atoms with van der Waals surface area (Å²) in [5.74, 6) is 1.99. The summed E-state index contributed by atoms with van der Waals surface area (Å²) < 4.78 is 15.2. The Morgan fingerprint density at radius 1 is 1.45 bits per heavy atom. The smallest absolute Gasteiger partial charge is 0.413 e. The number of amides is 1. The predicted octanol–water partition coefficient (Wildman–Crippen LogP) is 1.11. The molecule has 0 aromatic heterocycles. The molecule has 0 radical (unpaired) electrons. The second-order valence-electron chi connectivity index (χ2n) is 4.52. The lowest BCUT2D eigenvalue weighted by atomic mass is 10.1. The number of aliphatic imine (C=N–C) groups is 1. The van der Waals surface area contributed by atoms with Crippen LogP contribution in [0.1, 0.15) is 11.6 Å². The number of ether oxygens (including phenoxy) is 3. The number of guanidine groups is 1. The van der Waals surface area contributed by atoms with Crippen LogP contribution in [0.4, 0.5) is 4.79 Å². The standard InChI is InChI=1S/C13H15N3O4/c1-16-9(6-14-12(16)15-13(17)18-2)8-3-4-10-11(5-8)20-7-19-10/h3-5,9H,6-7H2,1-2H3,(H,14,15,17). The van der Waals surface area contributed by atoms with Crippen molar-refractivity contribution in [1.29, 1.82) is 0 Å². The number of nitrogens with zero attached hydrogens (tertiary/aromatic N) is 2. The van der Waals surface area contributed by atoms with Gasteiger partial charge < -0.3 is 19.1 Å². The van der Waals surface area contributed by atoms with Crippen molar-refractivity contribution in [2.24, 2.45) is 4.99 Å². The van der Waals surface area contributed by atoms with Gasteiger partial charge in [0.25, 0.3) is 0 Å². The molecule has 106 valence electrons. The number of methoxy groups -OCH3 is 1. The maximum atomic E-state index is 11.2. The summed E-state index contributed by atoms with van der Waals surface area (Å²) in [7, 11) is 3.19. The third-order valence-electron chi connectivity index (χ3n) is 3.40. The van der Waals surface area contributed by atoms with Gasteiger partial charge in [-0.2, -0.15) is 0 Å². The molecule has 0 spiro atoms. The lowest BCUT2D eigenvalue weighted by Gasteiger charge is -2.23. The third kappa shape index (κ3) is 2.11. The minimum absolute atomic E-state index is 0.0525. The summed E-state index contributed by atoms with van der Waals surface area (Å²) in [5, 5.41) is 2.59. The van der Waals surface area contributed by atoms with Crippen LogP contribution in [0.25, 0.3) is 0 Å². The maximum absolute atomic E-state index is 11.2. The Morgan fingerprint density at radius 3 is 3.05 bits per heavy atom. The molecule has 1 aromatic carbocycles. The summed E-state index contributed by atoms with van der Waals surface area (Å²) in [5.41, 5.74) is 1.06. The van der Waals surface area contributed by atoms with E-state index in [-0.39, 0.29) is 12.8 Å². The molecule has 0 saturated heterocycles. The number of nitrogens with one attached hydrogen (secondary N) is 1. The van der Waals surface area contributed by atoms with E-state index < -0.39 is 6.09 Å². The van der Waals surface area contributed by atoms with Crippen molar-refractivity contribution in [3.63, 3.8) is 0 Å². The first-order valence-electron chi connectivity index (χ1n) is 6.21. The number of rotatable bonds is 1. The first-order valence-corrected chi connectivity index (χ1v) is 6.21. The molecular weight excluding hydrogens is 262 g/mol. The lowest BCUT2D eigenvalue weighted by Crippen LogP contribution is -2.40. The van der Waals surface area contributed by atoms with E-state index in [1.54, 1.807) is 0 Å². The summed E-state index contributed by atoms with van der Waals surface area (Å²) in [6, 6.07) is 5.86. The molecule has 0 fully saturated rings. The molecule has 0 aliphatic carbocycles. The Labute approximate surface area is 116 Å². The molecule has 1 atom stereocenters. The summed E-state index contributed by atoms with van der Waals surface area (Å²) in [4.78, 5) is 17.4. The number of likely N-dealkylation sites (N-methyl/N-ethyl adjacent to an activating group) is 1. The van der Waals surface area contributed by atoms with Gasteiger partial charge in [0.15, 0.2) is 11.5 Å². The predicted molar refractivity (Wildman–Crippen MR) is 70.9 cm³/mol. The Morgan fingerprint density at radius 2 is 2.25 bits per heavy atom. The monoisotopic (exact) mass is 277 g/mol. The summed E-state index contributed by atoms with van der Waals surface area (Å²) >= 11 is 0. The van der Waals surface area contributed by atoms with E-state index in [1.165, 1.54) is 7.11 Å². The number of hydrogen-bond acceptors (Lipinski definition) is 6. The van der Waals surface area contributed by atoms with Crippen LogP contribution >= 0.6 is 0 Å². The fourth-order valence-corrected chi connectivity index (χ4v) is 2.27. The molecule has 1 unspecified atom stereocenters. The van der Waals surface area contributed by atoms with E-state index in [1.807, 2.05) is 30.1 Å². The number of benzene rings is 1. The van der Waals surface area contributed by atoms with Crippen LogP contribution in [0, 0.1) is 0 Å². The fraction of sp³-hybridized carbons (Fsp3) is 0.385. The van der Waals surface area contributed by atoms with Crippen LogP contribution < -0.4 is 14.8 Å². The molecule has 0 bridgehead atoms. The first-order chi connectivity index (χ1) is 9.69. The Balaban J connectivity index is 1.75. The molecule has 2 aliphatic heterocycles. The Bertz CT molecular complexity index is 573. The minimum atomic E-state index is -0.526. The van der Waals surface area contributed by atoms with E-state index in [4.69, 9.17) is 9.47 Å². The average molecular weight is 277 g/mol. The van der Waals surface area contributed by atoms with Gasteiger partial charge in [0, 0.05) is 7.05 Å². The molecule has 20 heavy (non-hydrogen) atoms. The number of carbonyl (C=O) groups is 1. The van der Waals surface area contributed by atoms with Crippen LogP contribution in [0.5, 0.6) is 11.5 Å². The van der Waals surface area contributed by atoms with Crippen molar-refractivity contribution in [3.05, 3.63) is 23.8 Å². The molecule has 1 aromatic rings. The highest BCUT2D eigenvalue weighted by atomic mass is 16.7. The van der Waals surface area contributed by atoms with Crippen molar-refractivity contribution < 1.29 is 19.0 Å². The zero-order chi connectivity index (χ0) is 14.1.